The third kappa shape index (κ3) is 4.44. The van der Waals surface area contributed by atoms with Gasteiger partial charge in [-0.15, -0.1) is 0 Å². The minimum Gasteiger partial charge on any atom is -0.487 e. The predicted octanol–water partition coefficient (Wildman–Crippen LogP) is 5.23. The number of nitrogens with zero attached hydrogens (tertiary/aromatic N) is 4. The van der Waals surface area contributed by atoms with E-state index in [1.54, 1.807) is 25.1 Å². The molecule has 30 heavy (non-hydrogen) atoms. The van der Waals surface area contributed by atoms with Crippen LogP contribution in [0.1, 0.15) is 38.1 Å². The summed E-state index contributed by atoms with van der Waals surface area (Å²) >= 11 is 6.65. The zero-order valence-corrected chi connectivity index (χ0v) is 19.6. The van der Waals surface area contributed by atoms with Gasteiger partial charge in [0.25, 0.3) is 5.56 Å². The molecule has 156 valence electrons. The Morgan fingerprint density at radius 3 is 2.63 bits per heavy atom. The molecule has 0 N–H and O–H groups in total. The molecule has 0 fully saturated rings. The summed E-state index contributed by atoms with van der Waals surface area (Å²) in [7, 11) is 0. The molecule has 8 nitrogen and oxygen atoms in total. The largest absolute Gasteiger partial charge is 0.487 e. The normalized spacial score (nSPS) is 11.5. The van der Waals surface area contributed by atoms with Crippen molar-refractivity contribution in [2.24, 2.45) is 5.10 Å². The number of hydrogen-bond acceptors (Lipinski definition) is 6. The topological polar surface area (TPSA) is 99.6 Å². The molecular formula is C20H18Br2N4O4. The summed E-state index contributed by atoms with van der Waals surface area (Å²) in [6.45, 7) is 5.80. The van der Waals surface area contributed by atoms with Crippen LogP contribution in [0.4, 0.5) is 5.69 Å². The maximum atomic E-state index is 13.1. The van der Waals surface area contributed by atoms with E-state index in [0.29, 0.717) is 26.8 Å². The fourth-order valence-electron chi connectivity index (χ4n) is 2.90. The first-order chi connectivity index (χ1) is 14.2. The van der Waals surface area contributed by atoms with Gasteiger partial charge < -0.3 is 4.74 Å². The van der Waals surface area contributed by atoms with Crippen molar-refractivity contribution >= 4 is 54.7 Å². The second kappa shape index (κ2) is 9.05. The van der Waals surface area contributed by atoms with Gasteiger partial charge in [-0.3, -0.25) is 14.9 Å². The van der Waals surface area contributed by atoms with E-state index < -0.39 is 4.92 Å². The molecule has 1 heterocycles. The number of nitro groups is 1. The lowest BCUT2D eigenvalue weighted by Gasteiger charge is -2.12. The Balaban J connectivity index is 2.23. The molecule has 0 aliphatic rings. The van der Waals surface area contributed by atoms with Crippen molar-refractivity contribution in [3.63, 3.8) is 0 Å². The number of benzene rings is 2. The van der Waals surface area contributed by atoms with Crippen LogP contribution >= 0.6 is 31.9 Å². The number of hydrogen-bond donors (Lipinski definition) is 0. The van der Waals surface area contributed by atoms with Gasteiger partial charge in [0, 0.05) is 26.5 Å². The Morgan fingerprint density at radius 1 is 1.27 bits per heavy atom. The summed E-state index contributed by atoms with van der Waals surface area (Å²) in [5, 5.41) is 16.2. The van der Waals surface area contributed by atoms with Gasteiger partial charge in [0.1, 0.15) is 5.82 Å². The third-order valence-corrected chi connectivity index (χ3v) is 5.16. The second-order valence-corrected chi connectivity index (χ2v) is 8.51. The van der Waals surface area contributed by atoms with Crippen LogP contribution in [-0.2, 0) is 0 Å². The summed E-state index contributed by atoms with van der Waals surface area (Å²) < 4.78 is 7.98. The van der Waals surface area contributed by atoms with Crippen LogP contribution in [0, 0.1) is 10.1 Å². The number of fused-ring (bicyclic) bond motifs is 1. The second-order valence-electron chi connectivity index (χ2n) is 6.68. The third-order valence-electron chi connectivity index (χ3n) is 4.21. The van der Waals surface area contributed by atoms with Crippen molar-refractivity contribution in [3.05, 3.63) is 71.1 Å². The van der Waals surface area contributed by atoms with Crippen molar-refractivity contribution in [3.8, 4) is 5.75 Å². The molecular weight excluding hydrogens is 520 g/mol. The lowest BCUT2D eigenvalue weighted by molar-refractivity contribution is -0.385. The summed E-state index contributed by atoms with van der Waals surface area (Å²) in [5.74, 6) is 0.490. The monoisotopic (exact) mass is 536 g/mol. The number of ether oxygens (including phenoxy) is 1. The fourth-order valence-corrected chi connectivity index (χ4v) is 3.73. The molecule has 0 saturated carbocycles. The van der Waals surface area contributed by atoms with Crippen molar-refractivity contribution < 1.29 is 9.66 Å². The van der Waals surface area contributed by atoms with Gasteiger partial charge in [-0.05, 0) is 31.2 Å². The van der Waals surface area contributed by atoms with Gasteiger partial charge >= 0.3 is 5.69 Å². The maximum absolute atomic E-state index is 13.1. The van der Waals surface area contributed by atoms with Crippen molar-refractivity contribution in [1.82, 2.24) is 9.66 Å². The smallest absolute Gasteiger partial charge is 0.312 e. The minimum atomic E-state index is -0.520. The maximum Gasteiger partial charge on any atom is 0.312 e. The van der Waals surface area contributed by atoms with Crippen LogP contribution in [-0.4, -0.2) is 27.4 Å². The van der Waals surface area contributed by atoms with E-state index in [1.807, 2.05) is 19.9 Å². The van der Waals surface area contributed by atoms with E-state index in [1.165, 1.54) is 17.0 Å². The van der Waals surface area contributed by atoms with E-state index in [-0.39, 0.29) is 29.5 Å². The first-order valence-electron chi connectivity index (χ1n) is 9.10. The Morgan fingerprint density at radius 2 is 2.00 bits per heavy atom. The van der Waals surface area contributed by atoms with Gasteiger partial charge in [0.2, 0.25) is 5.75 Å². The predicted molar refractivity (Wildman–Crippen MR) is 123 cm³/mol. The summed E-state index contributed by atoms with van der Waals surface area (Å²) in [5.41, 5.74) is 0.425. The zero-order valence-electron chi connectivity index (χ0n) is 16.4. The quantitative estimate of drug-likeness (QED) is 0.243. The van der Waals surface area contributed by atoms with Crippen LogP contribution in [0.15, 0.2) is 49.2 Å². The van der Waals surface area contributed by atoms with Crippen molar-refractivity contribution in [1.29, 1.82) is 0 Å². The summed E-state index contributed by atoms with van der Waals surface area (Å²) in [6.07, 6.45) is 1.38. The zero-order chi connectivity index (χ0) is 22.0. The number of rotatable bonds is 6. The van der Waals surface area contributed by atoms with Crippen molar-refractivity contribution in [2.45, 2.75) is 26.7 Å². The highest BCUT2D eigenvalue weighted by atomic mass is 79.9. The Labute approximate surface area is 189 Å². The molecule has 0 spiro atoms. The SMILES string of the molecule is CCOc1c(C=Nn2c(C(C)C)nc3ccc(Br)cc3c2=O)cc(Br)cc1[N+](=O)[O-]. The molecule has 10 heteroatoms. The van der Waals surface area contributed by atoms with E-state index in [4.69, 9.17) is 4.74 Å². The molecule has 1 aromatic heterocycles. The van der Waals surface area contributed by atoms with Gasteiger partial charge in [0.05, 0.1) is 28.6 Å². The molecule has 0 aliphatic heterocycles. The van der Waals surface area contributed by atoms with Crippen LogP contribution in [0.5, 0.6) is 5.75 Å². The minimum absolute atomic E-state index is 0.0777. The van der Waals surface area contributed by atoms with Crippen molar-refractivity contribution in [2.75, 3.05) is 6.61 Å². The molecule has 0 unspecified atom stereocenters. The van der Waals surface area contributed by atoms with Gasteiger partial charge in [-0.1, -0.05) is 45.7 Å². The average Bonchev–Trinajstić information content (AvgIpc) is 2.68. The molecule has 0 bridgehead atoms. The molecule has 0 saturated heterocycles. The van der Waals surface area contributed by atoms with Crippen LogP contribution in [0.2, 0.25) is 0 Å². The number of aromatic nitrogens is 2. The fraction of sp³-hybridized carbons (Fsp3) is 0.250. The van der Waals surface area contributed by atoms with Gasteiger partial charge in [0.15, 0.2) is 0 Å². The number of nitro benzene ring substituents is 1. The Bertz CT molecular complexity index is 1220. The van der Waals surface area contributed by atoms with Crippen LogP contribution < -0.4 is 10.3 Å². The lowest BCUT2D eigenvalue weighted by atomic mass is 10.2. The Hall–Kier alpha value is -2.59. The van der Waals surface area contributed by atoms with Gasteiger partial charge in [-0.2, -0.15) is 9.78 Å². The molecule has 0 atom stereocenters. The summed E-state index contributed by atoms with van der Waals surface area (Å²) in [6, 6.07) is 8.29. The molecule has 3 aromatic rings. The summed E-state index contributed by atoms with van der Waals surface area (Å²) in [4.78, 5) is 28.6. The highest BCUT2D eigenvalue weighted by Gasteiger charge is 2.20. The molecule has 0 amide bonds. The van der Waals surface area contributed by atoms with Gasteiger partial charge in [-0.25, -0.2) is 4.98 Å². The van der Waals surface area contributed by atoms with E-state index in [9.17, 15) is 14.9 Å². The highest BCUT2D eigenvalue weighted by molar-refractivity contribution is 9.10. The first kappa shape index (κ1) is 22.1. The highest BCUT2D eigenvalue weighted by Crippen LogP contribution is 2.34. The Kier molecular flexibility index (Phi) is 6.67. The molecule has 0 aliphatic carbocycles. The molecule has 0 radical (unpaired) electrons. The van der Waals surface area contributed by atoms with E-state index >= 15 is 0 Å². The standard InChI is InChI=1S/C20H18Br2N4O4/c1-4-30-18-12(7-14(22)9-17(18)26(28)29)10-23-25-19(11(2)3)24-16-6-5-13(21)8-15(16)20(25)27/h5-11H,4H2,1-3H3. The van der Waals surface area contributed by atoms with Crippen LogP contribution in [0.3, 0.4) is 0 Å². The first-order valence-corrected chi connectivity index (χ1v) is 10.7. The molecule has 2 aromatic carbocycles. The average molecular weight is 538 g/mol. The van der Waals surface area contributed by atoms with Crippen LogP contribution in [0.25, 0.3) is 10.9 Å². The van der Waals surface area contributed by atoms with E-state index in [0.717, 1.165) is 4.47 Å². The van der Waals surface area contributed by atoms with E-state index in [2.05, 4.69) is 41.9 Å². The molecule has 3 rings (SSSR count). The lowest BCUT2D eigenvalue weighted by Crippen LogP contribution is -2.23. The number of halogens is 2.